The van der Waals surface area contributed by atoms with Crippen LogP contribution in [0.5, 0.6) is 0 Å². The molecule has 0 saturated heterocycles. The lowest BCUT2D eigenvalue weighted by molar-refractivity contribution is 0.414. The molecule has 1 aliphatic rings. The first kappa shape index (κ1) is 12.5. The number of anilines is 1. The van der Waals surface area contributed by atoms with Crippen molar-refractivity contribution in [1.29, 1.82) is 0 Å². The third-order valence-electron chi connectivity index (χ3n) is 3.73. The van der Waals surface area contributed by atoms with E-state index in [4.69, 9.17) is 21.9 Å². The molecule has 1 saturated carbocycles. The van der Waals surface area contributed by atoms with Crippen molar-refractivity contribution in [3.63, 3.8) is 0 Å². The van der Waals surface area contributed by atoms with Gasteiger partial charge in [-0.05, 0) is 43.4 Å². The van der Waals surface area contributed by atoms with Crippen molar-refractivity contribution in [2.24, 2.45) is 5.92 Å². The number of nitrogen functional groups attached to an aromatic ring is 1. The molecule has 2 aromatic rings. The summed E-state index contributed by atoms with van der Waals surface area (Å²) in [5.74, 6) is 2.43. The molecular weight excluding hydrogens is 262 g/mol. The van der Waals surface area contributed by atoms with E-state index in [-0.39, 0.29) is 0 Å². The predicted molar refractivity (Wildman–Crippen MR) is 74.9 cm³/mol. The molecule has 0 bridgehead atoms. The van der Waals surface area contributed by atoms with Crippen molar-refractivity contribution in [3.05, 3.63) is 29.0 Å². The van der Waals surface area contributed by atoms with Crippen molar-refractivity contribution in [3.8, 4) is 11.5 Å². The van der Waals surface area contributed by atoms with Gasteiger partial charge < -0.3 is 10.3 Å². The highest BCUT2D eigenvalue weighted by Gasteiger charge is 2.27. The summed E-state index contributed by atoms with van der Waals surface area (Å²) >= 11 is 6.15. The first-order chi connectivity index (χ1) is 9.13. The molecule has 100 valence electrons. The maximum atomic E-state index is 6.15. The molecule has 1 aromatic carbocycles. The van der Waals surface area contributed by atoms with Gasteiger partial charge in [0.1, 0.15) is 0 Å². The standard InChI is InChI=1S/C14H16ClN3O/c1-8-2-3-9(6-8)13-17-14(19-18-13)11-5-4-10(16)7-12(11)15/h4-5,7-9H,2-3,6,16H2,1H3. The first-order valence-corrected chi connectivity index (χ1v) is 6.90. The highest BCUT2D eigenvalue weighted by molar-refractivity contribution is 6.33. The average Bonchev–Trinajstić information content (AvgIpc) is 2.97. The van der Waals surface area contributed by atoms with E-state index in [9.17, 15) is 0 Å². The second-order valence-corrected chi connectivity index (χ2v) is 5.72. The minimum atomic E-state index is 0.417. The zero-order chi connectivity index (χ0) is 13.4. The van der Waals surface area contributed by atoms with E-state index in [2.05, 4.69) is 17.1 Å². The Morgan fingerprint density at radius 1 is 1.37 bits per heavy atom. The number of hydrogen-bond acceptors (Lipinski definition) is 4. The zero-order valence-electron chi connectivity index (χ0n) is 10.8. The number of aromatic nitrogens is 2. The largest absolute Gasteiger partial charge is 0.399 e. The highest BCUT2D eigenvalue weighted by atomic mass is 35.5. The molecule has 4 nitrogen and oxygen atoms in total. The molecule has 0 spiro atoms. The summed E-state index contributed by atoms with van der Waals surface area (Å²) in [6, 6.07) is 5.29. The van der Waals surface area contributed by atoms with Gasteiger partial charge in [-0.25, -0.2) is 0 Å². The monoisotopic (exact) mass is 277 g/mol. The summed E-state index contributed by atoms with van der Waals surface area (Å²) in [6.45, 7) is 2.26. The fraction of sp³-hybridized carbons (Fsp3) is 0.429. The second kappa shape index (κ2) is 4.85. The second-order valence-electron chi connectivity index (χ2n) is 5.31. The zero-order valence-corrected chi connectivity index (χ0v) is 11.5. The Hall–Kier alpha value is -1.55. The van der Waals surface area contributed by atoms with Crippen LogP contribution in [0, 0.1) is 5.92 Å². The van der Waals surface area contributed by atoms with Gasteiger partial charge in [0.05, 0.1) is 10.6 Å². The predicted octanol–water partition coefficient (Wildman–Crippen LogP) is 3.88. The molecule has 0 radical (unpaired) electrons. The van der Waals surface area contributed by atoms with Crippen molar-refractivity contribution < 1.29 is 4.52 Å². The maximum absolute atomic E-state index is 6.15. The summed E-state index contributed by atoms with van der Waals surface area (Å²) in [5, 5.41) is 4.63. The third-order valence-corrected chi connectivity index (χ3v) is 4.04. The number of halogens is 1. The van der Waals surface area contributed by atoms with Gasteiger partial charge >= 0.3 is 0 Å². The smallest absolute Gasteiger partial charge is 0.259 e. The Kier molecular flexibility index (Phi) is 3.19. The molecule has 1 heterocycles. The number of rotatable bonds is 2. The number of nitrogens with two attached hydrogens (primary N) is 1. The Morgan fingerprint density at radius 3 is 2.89 bits per heavy atom. The molecule has 3 rings (SSSR count). The summed E-state index contributed by atoms with van der Waals surface area (Å²) in [4.78, 5) is 4.48. The SMILES string of the molecule is CC1CCC(c2noc(-c3ccc(N)cc3Cl)n2)C1. The van der Waals surface area contributed by atoms with Gasteiger partial charge in [-0.1, -0.05) is 23.7 Å². The van der Waals surface area contributed by atoms with Gasteiger partial charge in [-0.3, -0.25) is 0 Å². The van der Waals surface area contributed by atoms with E-state index in [1.807, 2.05) is 6.07 Å². The number of hydrogen-bond donors (Lipinski definition) is 1. The summed E-state index contributed by atoms with van der Waals surface area (Å²) in [5.41, 5.74) is 7.03. The molecular formula is C14H16ClN3O. The molecule has 19 heavy (non-hydrogen) atoms. The van der Waals surface area contributed by atoms with Crippen LogP contribution in [0.25, 0.3) is 11.5 Å². The lowest BCUT2D eigenvalue weighted by Gasteiger charge is -2.02. The van der Waals surface area contributed by atoms with E-state index < -0.39 is 0 Å². The van der Waals surface area contributed by atoms with Gasteiger partial charge in [-0.15, -0.1) is 0 Å². The van der Waals surface area contributed by atoms with Crippen LogP contribution in [0.1, 0.15) is 37.9 Å². The van der Waals surface area contributed by atoms with Crippen molar-refractivity contribution in [1.82, 2.24) is 10.1 Å². The highest BCUT2D eigenvalue weighted by Crippen LogP contribution is 2.37. The minimum absolute atomic E-state index is 0.417. The molecule has 2 atom stereocenters. The van der Waals surface area contributed by atoms with E-state index >= 15 is 0 Å². The van der Waals surface area contributed by atoms with Crippen LogP contribution >= 0.6 is 11.6 Å². The molecule has 2 N–H and O–H groups in total. The van der Waals surface area contributed by atoms with Crippen molar-refractivity contribution >= 4 is 17.3 Å². The number of nitrogens with zero attached hydrogens (tertiary/aromatic N) is 2. The van der Waals surface area contributed by atoms with Crippen LogP contribution in [0.15, 0.2) is 22.7 Å². The van der Waals surface area contributed by atoms with E-state index in [0.717, 1.165) is 30.1 Å². The minimum Gasteiger partial charge on any atom is -0.399 e. The molecule has 0 aliphatic heterocycles. The Morgan fingerprint density at radius 2 is 2.21 bits per heavy atom. The molecule has 2 unspecified atom stereocenters. The van der Waals surface area contributed by atoms with Gasteiger partial charge in [0, 0.05) is 11.6 Å². The van der Waals surface area contributed by atoms with Crippen LogP contribution in [0.4, 0.5) is 5.69 Å². The molecule has 1 aromatic heterocycles. The van der Waals surface area contributed by atoms with Crippen molar-refractivity contribution in [2.75, 3.05) is 5.73 Å². The molecule has 1 aliphatic carbocycles. The van der Waals surface area contributed by atoms with Gasteiger partial charge in [-0.2, -0.15) is 4.98 Å². The van der Waals surface area contributed by atoms with Crippen LogP contribution in [-0.4, -0.2) is 10.1 Å². The average molecular weight is 278 g/mol. The van der Waals surface area contributed by atoms with Gasteiger partial charge in [0.25, 0.3) is 5.89 Å². The van der Waals surface area contributed by atoms with Crippen molar-refractivity contribution in [2.45, 2.75) is 32.1 Å². The summed E-state index contributed by atoms with van der Waals surface area (Å²) in [6.07, 6.45) is 3.50. The quantitative estimate of drug-likeness (QED) is 0.846. The molecule has 5 heteroatoms. The molecule has 1 fully saturated rings. The van der Waals surface area contributed by atoms with Crippen LogP contribution < -0.4 is 5.73 Å². The van der Waals surface area contributed by atoms with Gasteiger partial charge in [0.15, 0.2) is 5.82 Å². The first-order valence-electron chi connectivity index (χ1n) is 6.52. The Bertz CT molecular complexity index is 596. The van der Waals surface area contributed by atoms with Gasteiger partial charge in [0.2, 0.25) is 0 Å². The Balaban J connectivity index is 1.88. The third kappa shape index (κ3) is 2.45. The summed E-state index contributed by atoms with van der Waals surface area (Å²) < 4.78 is 5.33. The fourth-order valence-electron chi connectivity index (χ4n) is 2.66. The topological polar surface area (TPSA) is 64.9 Å². The number of benzene rings is 1. The van der Waals surface area contributed by atoms with E-state index in [0.29, 0.717) is 22.5 Å². The lowest BCUT2D eigenvalue weighted by atomic mass is 10.1. The molecule has 0 amide bonds. The van der Waals surface area contributed by atoms with Crippen LogP contribution in [0.3, 0.4) is 0 Å². The Labute approximate surface area is 117 Å². The maximum Gasteiger partial charge on any atom is 0.259 e. The van der Waals surface area contributed by atoms with E-state index in [1.54, 1.807) is 12.1 Å². The van der Waals surface area contributed by atoms with Crippen LogP contribution in [-0.2, 0) is 0 Å². The van der Waals surface area contributed by atoms with Crippen LogP contribution in [0.2, 0.25) is 5.02 Å². The summed E-state index contributed by atoms with van der Waals surface area (Å²) in [7, 11) is 0. The fourth-order valence-corrected chi connectivity index (χ4v) is 2.93. The van der Waals surface area contributed by atoms with E-state index in [1.165, 1.54) is 6.42 Å². The normalized spacial score (nSPS) is 22.8. The lowest BCUT2D eigenvalue weighted by Crippen LogP contribution is -1.96.